The van der Waals surface area contributed by atoms with Gasteiger partial charge in [0.2, 0.25) is 0 Å². The predicted molar refractivity (Wildman–Crippen MR) is 50.1 cm³/mol. The molecular weight excluding hydrogens is 295 g/mol. The minimum absolute atomic E-state index is 0.00898. The maximum atomic E-state index is 12.2. The standard InChI is InChI=1S/C7H6F2INO2/c1-13-3-2-4(10)11-5(6(3)12)7(8)9/h2,7,12H,1H3. The molecule has 0 aliphatic carbocycles. The molecule has 0 aliphatic heterocycles. The van der Waals surface area contributed by atoms with Crippen molar-refractivity contribution in [2.75, 3.05) is 7.11 Å². The topological polar surface area (TPSA) is 42.4 Å². The van der Waals surface area contributed by atoms with Gasteiger partial charge in [0, 0.05) is 6.07 Å². The summed E-state index contributed by atoms with van der Waals surface area (Å²) in [5.41, 5.74) is -0.649. The molecule has 0 saturated heterocycles. The minimum atomic E-state index is -2.80. The molecule has 0 aliphatic rings. The fourth-order valence-electron chi connectivity index (χ4n) is 0.811. The van der Waals surface area contributed by atoms with E-state index in [1.54, 1.807) is 22.6 Å². The zero-order chi connectivity index (χ0) is 10.0. The second-order valence-corrected chi connectivity index (χ2v) is 3.29. The Balaban J connectivity index is 3.27. The van der Waals surface area contributed by atoms with Crippen LogP contribution in [0.3, 0.4) is 0 Å². The molecule has 0 atom stereocenters. The summed E-state index contributed by atoms with van der Waals surface area (Å²) >= 11 is 1.77. The third kappa shape index (κ3) is 2.17. The molecule has 0 saturated carbocycles. The minimum Gasteiger partial charge on any atom is -0.503 e. The SMILES string of the molecule is COc1cc(I)nc(C(F)F)c1O. The highest BCUT2D eigenvalue weighted by Crippen LogP contribution is 2.35. The first-order valence-electron chi connectivity index (χ1n) is 3.27. The number of methoxy groups -OCH3 is 1. The summed E-state index contributed by atoms with van der Waals surface area (Å²) in [4.78, 5) is 3.49. The van der Waals surface area contributed by atoms with Crippen molar-refractivity contribution in [3.8, 4) is 11.5 Å². The molecule has 3 nitrogen and oxygen atoms in total. The fourth-order valence-corrected chi connectivity index (χ4v) is 1.35. The number of hydrogen-bond donors (Lipinski definition) is 1. The molecule has 0 unspecified atom stereocenters. The Kier molecular flexibility index (Phi) is 3.23. The normalized spacial score (nSPS) is 10.5. The van der Waals surface area contributed by atoms with Crippen molar-refractivity contribution in [3.05, 3.63) is 15.5 Å². The molecule has 72 valence electrons. The zero-order valence-corrected chi connectivity index (χ0v) is 8.75. The van der Waals surface area contributed by atoms with Crippen LogP contribution in [0.25, 0.3) is 0 Å². The number of aromatic nitrogens is 1. The largest absolute Gasteiger partial charge is 0.503 e. The summed E-state index contributed by atoms with van der Waals surface area (Å²) in [6.45, 7) is 0. The van der Waals surface area contributed by atoms with Gasteiger partial charge in [0.05, 0.1) is 7.11 Å². The number of alkyl halides is 2. The van der Waals surface area contributed by atoms with Gasteiger partial charge in [0.25, 0.3) is 6.43 Å². The maximum Gasteiger partial charge on any atom is 0.284 e. The molecular formula is C7H6F2INO2. The summed E-state index contributed by atoms with van der Waals surface area (Å²) in [6, 6.07) is 1.38. The summed E-state index contributed by atoms with van der Waals surface area (Å²) in [5.74, 6) is -0.590. The summed E-state index contributed by atoms with van der Waals surface area (Å²) < 4.78 is 29.5. The van der Waals surface area contributed by atoms with Gasteiger partial charge in [-0.1, -0.05) is 0 Å². The highest BCUT2D eigenvalue weighted by molar-refractivity contribution is 14.1. The van der Waals surface area contributed by atoms with Crippen LogP contribution in [0.5, 0.6) is 11.5 Å². The van der Waals surface area contributed by atoms with Crippen molar-refractivity contribution in [2.24, 2.45) is 0 Å². The summed E-state index contributed by atoms with van der Waals surface area (Å²) in [6.07, 6.45) is -2.80. The molecule has 0 aromatic carbocycles. The first-order valence-corrected chi connectivity index (χ1v) is 4.35. The number of pyridine rings is 1. The quantitative estimate of drug-likeness (QED) is 0.673. The van der Waals surface area contributed by atoms with Gasteiger partial charge in [-0.05, 0) is 22.6 Å². The fraction of sp³-hybridized carbons (Fsp3) is 0.286. The van der Waals surface area contributed by atoms with Gasteiger partial charge in [-0.15, -0.1) is 0 Å². The van der Waals surface area contributed by atoms with Crippen LogP contribution in [0.1, 0.15) is 12.1 Å². The van der Waals surface area contributed by atoms with Crippen molar-refractivity contribution in [1.82, 2.24) is 4.98 Å². The zero-order valence-electron chi connectivity index (χ0n) is 6.59. The van der Waals surface area contributed by atoms with Gasteiger partial charge in [0.15, 0.2) is 17.2 Å². The van der Waals surface area contributed by atoms with Crippen molar-refractivity contribution >= 4 is 22.6 Å². The average Bonchev–Trinajstić information content (AvgIpc) is 2.08. The number of rotatable bonds is 2. The van der Waals surface area contributed by atoms with Gasteiger partial charge in [-0.2, -0.15) is 0 Å². The Bertz CT molecular complexity index is 320. The van der Waals surface area contributed by atoms with Crippen molar-refractivity contribution in [3.63, 3.8) is 0 Å². The number of halogens is 3. The first kappa shape index (κ1) is 10.4. The van der Waals surface area contributed by atoms with E-state index in [0.717, 1.165) is 0 Å². The van der Waals surface area contributed by atoms with E-state index < -0.39 is 17.9 Å². The Morgan fingerprint density at radius 2 is 2.23 bits per heavy atom. The molecule has 0 bridgehead atoms. The van der Waals surface area contributed by atoms with Crippen LogP contribution in [0.15, 0.2) is 6.07 Å². The molecule has 0 radical (unpaired) electrons. The highest BCUT2D eigenvalue weighted by atomic mass is 127. The molecule has 13 heavy (non-hydrogen) atoms. The van der Waals surface area contributed by atoms with Crippen LogP contribution < -0.4 is 4.74 Å². The van der Waals surface area contributed by atoms with Gasteiger partial charge < -0.3 is 9.84 Å². The number of hydrogen-bond acceptors (Lipinski definition) is 3. The second-order valence-electron chi connectivity index (χ2n) is 2.18. The van der Waals surface area contributed by atoms with E-state index >= 15 is 0 Å². The second kappa shape index (κ2) is 4.03. The molecule has 1 aromatic heterocycles. The Labute approximate surface area is 86.9 Å². The molecule has 1 aromatic rings. The Hall–Kier alpha value is -0.660. The van der Waals surface area contributed by atoms with Gasteiger partial charge >= 0.3 is 0 Å². The van der Waals surface area contributed by atoms with E-state index in [2.05, 4.69) is 9.72 Å². The molecule has 1 N–H and O–H groups in total. The molecule has 0 amide bonds. The molecule has 6 heteroatoms. The number of aromatic hydroxyl groups is 1. The van der Waals surface area contributed by atoms with E-state index in [1.165, 1.54) is 13.2 Å². The Morgan fingerprint density at radius 3 is 2.69 bits per heavy atom. The van der Waals surface area contributed by atoms with Crippen LogP contribution >= 0.6 is 22.6 Å². The molecule has 1 heterocycles. The third-order valence-electron chi connectivity index (χ3n) is 1.38. The lowest BCUT2D eigenvalue weighted by atomic mass is 10.3. The number of ether oxygens (including phenoxy) is 1. The van der Waals surface area contributed by atoms with E-state index in [-0.39, 0.29) is 5.75 Å². The lowest BCUT2D eigenvalue weighted by Crippen LogP contribution is -1.96. The van der Waals surface area contributed by atoms with E-state index in [4.69, 9.17) is 0 Å². The van der Waals surface area contributed by atoms with Gasteiger partial charge in [-0.25, -0.2) is 13.8 Å². The molecule has 0 fully saturated rings. The lowest BCUT2D eigenvalue weighted by Gasteiger charge is -2.07. The maximum absolute atomic E-state index is 12.2. The van der Waals surface area contributed by atoms with E-state index in [1.807, 2.05) is 0 Å². The van der Waals surface area contributed by atoms with Crippen LogP contribution in [0, 0.1) is 3.70 Å². The van der Waals surface area contributed by atoms with Gasteiger partial charge in [0.1, 0.15) is 3.70 Å². The predicted octanol–water partition coefficient (Wildman–Crippen LogP) is 2.34. The van der Waals surface area contributed by atoms with Gasteiger partial charge in [-0.3, -0.25) is 0 Å². The first-order chi connectivity index (χ1) is 6.06. The smallest absolute Gasteiger partial charge is 0.284 e. The summed E-state index contributed by atoms with van der Waals surface area (Å²) in [7, 11) is 1.29. The van der Waals surface area contributed by atoms with Crippen molar-refractivity contribution in [2.45, 2.75) is 6.43 Å². The number of nitrogens with zero attached hydrogens (tertiary/aromatic N) is 1. The third-order valence-corrected chi connectivity index (χ3v) is 1.93. The van der Waals surface area contributed by atoms with Crippen LogP contribution in [0.4, 0.5) is 8.78 Å². The highest BCUT2D eigenvalue weighted by Gasteiger charge is 2.19. The van der Waals surface area contributed by atoms with Crippen LogP contribution in [-0.2, 0) is 0 Å². The average molecular weight is 301 g/mol. The molecule has 1 rings (SSSR count). The summed E-state index contributed by atoms with van der Waals surface area (Å²) in [5, 5.41) is 9.21. The Morgan fingerprint density at radius 1 is 1.62 bits per heavy atom. The monoisotopic (exact) mass is 301 g/mol. The molecule has 0 spiro atoms. The van der Waals surface area contributed by atoms with E-state index in [0.29, 0.717) is 3.70 Å². The van der Waals surface area contributed by atoms with Crippen molar-refractivity contribution < 1.29 is 18.6 Å². The van der Waals surface area contributed by atoms with Crippen LogP contribution in [-0.4, -0.2) is 17.2 Å². The van der Waals surface area contributed by atoms with Crippen LogP contribution in [0.2, 0.25) is 0 Å². The lowest BCUT2D eigenvalue weighted by molar-refractivity contribution is 0.140. The van der Waals surface area contributed by atoms with E-state index in [9.17, 15) is 13.9 Å². The van der Waals surface area contributed by atoms with Crippen molar-refractivity contribution in [1.29, 1.82) is 0 Å².